The van der Waals surface area contributed by atoms with Crippen LogP contribution in [-0.2, 0) is 4.79 Å². The van der Waals surface area contributed by atoms with Gasteiger partial charge in [-0.15, -0.1) is 0 Å². The second-order valence-electron chi connectivity index (χ2n) is 3.48. The minimum atomic E-state index is -0.973. The summed E-state index contributed by atoms with van der Waals surface area (Å²) >= 11 is 0. The molecule has 0 bridgehead atoms. The minimum Gasteiger partial charge on any atom is -0.496 e. The summed E-state index contributed by atoms with van der Waals surface area (Å²) in [5.74, 6) is -1.46. The van der Waals surface area contributed by atoms with Crippen LogP contribution < -0.4 is 4.74 Å². The maximum atomic E-state index is 11.0. The summed E-state index contributed by atoms with van der Waals surface area (Å²) in [5, 5.41) is 19.6. The molecule has 1 atom stereocenters. The third-order valence-electron chi connectivity index (χ3n) is 2.51. The second-order valence-corrected chi connectivity index (χ2v) is 3.48. The van der Waals surface area contributed by atoms with E-state index in [2.05, 4.69) is 0 Å². The first kappa shape index (κ1) is 13.0. The van der Waals surface area contributed by atoms with Crippen LogP contribution in [0.1, 0.15) is 24.8 Å². The highest BCUT2D eigenvalue weighted by Gasteiger charge is 2.23. The van der Waals surface area contributed by atoms with Gasteiger partial charge in [-0.05, 0) is 12.5 Å². The molecular weight excluding hydrogens is 226 g/mol. The lowest BCUT2D eigenvalue weighted by atomic mass is 9.95. The lowest BCUT2D eigenvalue weighted by molar-refractivity contribution is -0.384. The minimum absolute atomic E-state index is 0.120. The molecule has 0 spiro atoms. The number of carboxylic acid groups (broad SMARTS) is 1. The van der Waals surface area contributed by atoms with Crippen LogP contribution in [0.2, 0.25) is 0 Å². The normalized spacial score (nSPS) is 11.9. The Morgan fingerprint density at radius 3 is 2.65 bits per heavy atom. The fourth-order valence-electron chi connectivity index (χ4n) is 1.63. The van der Waals surface area contributed by atoms with E-state index in [-0.39, 0.29) is 11.4 Å². The van der Waals surface area contributed by atoms with Gasteiger partial charge in [0.15, 0.2) is 0 Å². The van der Waals surface area contributed by atoms with Crippen LogP contribution in [0.3, 0.4) is 0 Å². The van der Waals surface area contributed by atoms with Crippen molar-refractivity contribution in [1.29, 1.82) is 0 Å². The number of hydrogen-bond donors (Lipinski definition) is 1. The monoisotopic (exact) mass is 239 g/mol. The lowest BCUT2D eigenvalue weighted by Gasteiger charge is -2.13. The van der Waals surface area contributed by atoms with Crippen LogP contribution in [0.4, 0.5) is 5.69 Å². The number of ether oxygens (including phenoxy) is 1. The molecular formula is C11H13NO5. The molecule has 0 aliphatic heterocycles. The summed E-state index contributed by atoms with van der Waals surface area (Å²) in [4.78, 5) is 21.1. The summed E-state index contributed by atoms with van der Waals surface area (Å²) in [6, 6.07) is 3.95. The molecule has 0 fully saturated rings. The molecule has 1 aromatic carbocycles. The Morgan fingerprint density at radius 1 is 1.59 bits per heavy atom. The van der Waals surface area contributed by atoms with Gasteiger partial charge >= 0.3 is 5.97 Å². The van der Waals surface area contributed by atoms with Crippen LogP contribution in [0, 0.1) is 10.1 Å². The molecule has 0 aliphatic carbocycles. The molecule has 1 rings (SSSR count). The quantitative estimate of drug-likeness (QED) is 0.628. The van der Waals surface area contributed by atoms with Gasteiger partial charge in [0.25, 0.3) is 5.69 Å². The first-order valence-corrected chi connectivity index (χ1v) is 5.06. The Bertz CT molecular complexity index is 443. The summed E-state index contributed by atoms with van der Waals surface area (Å²) in [6.07, 6.45) is 0.392. The van der Waals surface area contributed by atoms with Gasteiger partial charge in [-0.3, -0.25) is 14.9 Å². The van der Waals surface area contributed by atoms with E-state index < -0.39 is 16.8 Å². The lowest BCUT2D eigenvalue weighted by Crippen LogP contribution is -2.11. The number of nitrogens with zero attached hydrogens (tertiary/aromatic N) is 1. The second kappa shape index (κ2) is 5.29. The van der Waals surface area contributed by atoms with E-state index in [1.165, 1.54) is 25.3 Å². The Hall–Kier alpha value is -2.11. The summed E-state index contributed by atoms with van der Waals surface area (Å²) < 4.78 is 5.00. The van der Waals surface area contributed by atoms with Gasteiger partial charge in [0, 0.05) is 11.6 Å². The molecule has 0 aromatic heterocycles. The fourth-order valence-corrected chi connectivity index (χ4v) is 1.63. The van der Waals surface area contributed by atoms with Crippen LogP contribution in [0.25, 0.3) is 0 Å². The zero-order valence-electron chi connectivity index (χ0n) is 9.54. The highest BCUT2D eigenvalue weighted by atomic mass is 16.6. The van der Waals surface area contributed by atoms with Gasteiger partial charge in [0.1, 0.15) is 5.75 Å². The van der Waals surface area contributed by atoms with Crippen LogP contribution in [-0.4, -0.2) is 23.1 Å². The molecule has 0 saturated heterocycles. The third-order valence-corrected chi connectivity index (χ3v) is 2.51. The highest BCUT2D eigenvalue weighted by Crippen LogP contribution is 2.32. The van der Waals surface area contributed by atoms with Gasteiger partial charge in [0.2, 0.25) is 0 Å². The average Bonchev–Trinajstić information content (AvgIpc) is 2.29. The van der Waals surface area contributed by atoms with E-state index in [0.717, 1.165) is 0 Å². The van der Waals surface area contributed by atoms with E-state index in [9.17, 15) is 14.9 Å². The molecule has 1 unspecified atom stereocenters. The van der Waals surface area contributed by atoms with E-state index in [1.807, 2.05) is 0 Å². The fraction of sp³-hybridized carbons (Fsp3) is 0.364. The first-order chi connectivity index (χ1) is 8.01. The van der Waals surface area contributed by atoms with Crippen molar-refractivity contribution in [3.05, 3.63) is 33.9 Å². The van der Waals surface area contributed by atoms with Gasteiger partial charge < -0.3 is 9.84 Å². The predicted molar refractivity (Wildman–Crippen MR) is 60.3 cm³/mol. The molecule has 17 heavy (non-hydrogen) atoms. The number of non-ortho nitro benzene ring substituents is 1. The van der Waals surface area contributed by atoms with E-state index >= 15 is 0 Å². The van der Waals surface area contributed by atoms with Crippen molar-refractivity contribution >= 4 is 11.7 Å². The Morgan fingerprint density at radius 2 is 2.24 bits per heavy atom. The van der Waals surface area contributed by atoms with Gasteiger partial charge in [-0.1, -0.05) is 6.92 Å². The first-order valence-electron chi connectivity index (χ1n) is 5.06. The Balaban J connectivity index is 3.24. The number of methoxy groups -OCH3 is 1. The Kier molecular flexibility index (Phi) is 4.03. The van der Waals surface area contributed by atoms with Crippen molar-refractivity contribution in [2.24, 2.45) is 0 Å². The Labute approximate surface area is 98.0 Å². The number of benzene rings is 1. The van der Waals surface area contributed by atoms with E-state index in [0.29, 0.717) is 12.0 Å². The van der Waals surface area contributed by atoms with Crippen molar-refractivity contribution < 1.29 is 19.6 Å². The topological polar surface area (TPSA) is 89.7 Å². The number of rotatable bonds is 5. The molecule has 92 valence electrons. The van der Waals surface area contributed by atoms with Crippen molar-refractivity contribution in [3.8, 4) is 5.75 Å². The number of carbonyl (C=O) groups is 1. The molecule has 1 N–H and O–H groups in total. The number of aliphatic carboxylic acids is 1. The zero-order chi connectivity index (χ0) is 13.0. The number of nitro groups is 1. The zero-order valence-corrected chi connectivity index (χ0v) is 9.54. The predicted octanol–water partition coefficient (Wildman–Crippen LogP) is 2.18. The molecule has 6 nitrogen and oxygen atoms in total. The van der Waals surface area contributed by atoms with Crippen LogP contribution in [0.15, 0.2) is 18.2 Å². The van der Waals surface area contributed by atoms with Crippen molar-refractivity contribution in [3.63, 3.8) is 0 Å². The van der Waals surface area contributed by atoms with Crippen LogP contribution >= 0.6 is 0 Å². The largest absolute Gasteiger partial charge is 0.496 e. The van der Waals surface area contributed by atoms with Gasteiger partial charge in [-0.25, -0.2) is 0 Å². The van der Waals surface area contributed by atoms with Gasteiger partial charge in [-0.2, -0.15) is 0 Å². The standard InChI is InChI=1S/C11H13NO5/c1-3-8(11(13)14)9-5-4-7(12(15)16)6-10(9)17-2/h4-6,8H,3H2,1-2H3,(H,13,14). The summed E-state index contributed by atoms with van der Waals surface area (Å²) in [7, 11) is 1.36. The van der Waals surface area contributed by atoms with Gasteiger partial charge in [0.05, 0.1) is 24.0 Å². The molecule has 0 saturated carbocycles. The molecule has 6 heteroatoms. The molecule has 0 aliphatic rings. The van der Waals surface area contributed by atoms with Crippen LogP contribution in [0.5, 0.6) is 5.75 Å². The van der Waals surface area contributed by atoms with Crippen molar-refractivity contribution in [1.82, 2.24) is 0 Å². The highest BCUT2D eigenvalue weighted by molar-refractivity contribution is 5.77. The summed E-state index contributed by atoms with van der Waals surface area (Å²) in [6.45, 7) is 1.74. The molecule has 1 aromatic rings. The maximum Gasteiger partial charge on any atom is 0.311 e. The molecule has 0 radical (unpaired) electrons. The van der Waals surface area contributed by atoms with Crippen molar-refractivity contribution in [2.45, 2.75) is 19.3 Å². The third kappa shape index (κ3) is 2.72. The molecule has 0 amide bonds. The smallest absolute Gasteiger partial charge is 0.311 e. The van der Waals surface area contributed by atoms with E-state index in [1.54, 1.807) is 6.92 Å². The number of nitro benzene ring substituents is 1. The SMILES string of the molecule is CCC(C(=O)O)c1ccc([N+](=O)[O-])cc1OC. The van der Waals surface area contributed by atoms with E-state index in [4.69, 9.17) is 9.84 Å². The number of hydrogen-bond acceptors (Lipinski definition) is 4. The summed E-state index contributed by atoms with van der Waals surface area (Å²) in [5.41, 5.74) is 0.332. The molecule has 0 heterocycles. The van der Waals surface area contributed by atoms with Crippen molar-refractivity contribution in [2.75, 3.05) is 7.11 Å². The number of carboxylic acids is 1. The average molecular weight is 239 g/mol. The maximum absolute atomic E-state index is 11.0.